The van der Waals surface area contributed by atoms with Crippen LogP contribution in [0, 0.1) is 13.8 Å². The zero-order valence-electron chi connectivity index (χ0n) is 15.4. The van der Waals surface area contributed by atoms with E-state index >= 15 is 0 Å². The van der Waals surface area contributed by atoms with E-state index in [-0.39, 0.29) is 0 Å². The Morgan fingerprint density at radius 2 is 1.88 bits per heavy atom. The summed E-state index contributed by atoms with van der Waals surface area (Å²) in [6.07, 6.45) is 7.97. The van der Waals surface area contributed by atoms with E-state index in [0.717, 1.165) is 48.5 Å². The lowest BCUT2D eigenvalue weighted by Gasteiger charge is -2.27. The zero-order chi connectivity index (χ0) is 18.1. The van der Waals surface area contributed by atoms with Gasteiger partial charge < -0.3 is 16.4 Å². The molecule has 6 heteroatoms. The van der Waals surface area contributed by atoms with Crippen LogP contribution in [0.2, 0.25) is 0 Å². The molecule has 1 aliphatic rings. The van der Waals surface area contributed by atoms with Gasteiger partial charge in [-0.25, -0.2) is 9.50 Å². The minimum Gasteiger partial charge on any atom is -0.366 e. The second-order valence-electron chi connectivity index (χ2n) is 7.32. The van der Waals surface area contributed by atoms with Gasteiger partial charge in [0.05, 0.1) is 5.69 Å². The largest absolute Gasteiger partial charge is 0.366 e. The zero-order valence-corrected chi connectivity index (χ0v) is 15.4. The molecule has 4 N–H and O–H groups in total. The number of imidazole rings is 1. The number of aromatic nitrogens is 3. The van der Waals surface area contributed by atoms with Crippen molar-refractivity contribution in [1.82, 2.24) is 14.6 Å². The van der Waals surface area contributed by atoms with Gasteiger partial charge in [0.2, 0.25) is 0 Å². The van der Waals surface area contributed by atoms with Crippen molar-refractivity contribution in [2.45, 2.75) is 51.6 Å². The summed E-state index contributed by atoms with van der Waals surface area (Å²) in [5.41, 5.74) is 11.4. The van der Waals surface area contributed by atoms with Crippen LogP contribution in [0.25, 0.3) is 5.65 Å². The Kier molecular flexibility index (Phi) is 4.51. The standard InChI is InChI=1S/C20H26N6/c1-13-3-6-17(11-14(13)2)23-18-12-19(25-26-10-9-22-20(18)26)24-16-7-4-15(21)5-8-16/h3,6,9-12,15-16,23H,4-5,7-8,21H2,1-2H3,(H,24,25). The number of nitrogens with zero attached hydrogens (tertiary/aromatic N) is 3. The second kappa shape index (κ2) is 6.96. The molecule has 6 nitrogen and oxygen atoms in total. The fourth-order valence-corrected chi connectivity index (χ4v) is 3.53. The minimum absolute atomic E-state index is 0.346. The molecule has 1 fully saturated rings. The van der Waals surface area contributed by atoms with Gasteiger partial charge in [-0.3, -0.25) is 0 Å². The Labute approximate surface area is 153 Å². The van der Waals surface area contributed by atoms with Gasteiger partial charge in [-0.2, -0.15) is 0 Å². The molecule has 0 spiro atoms. The van der Waals surface area contributed by atoms with Gasteiger partial charge in [-0.05, 0) is 62.8 Å². The summed E-state index contributed by atoms with van der Waals surface area (Å²) < 4.78 is 1.82. The summed E-state index contributed by atoms with van der Waals surface area (Å²) in [6.45, 7) is 4.25. The maximum absolute atomic E-state index is 6.02. The maximum atomic E-state index is 6.02. The average Bonchev–Trinajstić information content (AvgIpc) is 3.09. The van der Waals surface area contributed by atoms with E-state index in [1.165, 1.54) is 11.1 Å². The third-order valence-electron chi connectivity index (χ3n) is 5.27. The number of rotatable bonds is 4. The summed E-state index contributed by atoms with van der Waals surface area (Å²) in [7, 11) is 0. The van der Waals surface area contributed by atoms with Crippen LogP contribution in [0.15, 0.2) is 36.7 Å². The van der Waals surface area contributed by atoms with E-state index in [2.05, 4.69) is 52.8 Å². The van der Waals surface area contributed by atoms with E-state index in [0.29, 0.717) is 12.1 Å². The first-order valence-electron chi connectivity index (χ1n) is 9.29. The number of nitrogens with two attached hydrogens (primary N) is 1. The van der Waals surface area contributed by atoms with Crippen LogP contribution < -0.4 is 16.4 Å². The van der Waals surface area contributed by atoms with Gasteiger partial charge in [-0.15, -0.1) is 5.10 Å². The number of fused-ring (bicyclic) bond motifs is 1. The summed E-state index contributed by atoms with van der Waals surface area (Å²) in [4.78, 5) is 4.45. The third-order valence-corrected chi connectivity index (χ3v) is 5.27. The molecule has 26 heavy (non-hydrogen) atoms. The van der Waals surface area contributed by atoms with Crippen molar-refractivity contribution in [3.63, 3.8) is 0 Å². The summed E-state index contributed by atoms with van der Waals surface area (Å²) >= 11 is 0. The highest BCUT2D eigenvalue weighted by molar-refractivity contribution is 5.76. The van der Waals surface area contributed by atoms with Crippen LogP contribution >= 0.6 is 0 Å². The summed E-state index contributed by atoms with van der Waals surface area (Å²) in [5.74, 6) is 0.863. The fraction of sp³-hybridized carbons (Fsp3) is 0.400. The molecule has 0 atom stereocenters. The first-order chi connectivity index (χ1) is 12.6. The van der Waals surface area contributed by atoms with Crippen LogP contribution in [0.4, 0.5) is 17.2 Å². The molecule has 136 valence electrons. The number of anilines is 3. The Morgan fingerprint density at radius 3 is 2.65 bits per heavy atom. The molecule has 4 rings (SSSR count). The Balaban J connectivity index is 1.61. The molecule has 0 bridgehead atoms. The number of benzene rings is 1. The van der Waals surface area contributed by atoms with Crippen molar-refractivity contribution >= 4 is 22.8 Å². The molecule has 2 aromatic heterocycles. The highest BCUT2D eigenvalue weighted by Gasteiger charge is 2.19. The molecule has 0 unspecified atom stereocenters. The topological polar surface area (TPSA) is 80.3 Å². The van der Waals surface area contributed by atoms with E-state index in [9.17, 15) is 0 Å². The van der Waals surface area contributed by atoms with Crippen molar-refractivity contribution in [3.05, 3.63) is 47.8 Å². The van der Waals surface area contributed by atoms with E-state index < -0.39 is 0 Å². The lowest BCUT2D eigenvalue weighted by atomic mass is 9.92. The summed E-state index contributed by atoms with van der Waals surface area (Å²) in [6, 6.07) is 9.21. The predicted octanol–water partition coefficient (Wildman–Crippen LogP) is 3.77. The first kappa shape index (κ1) is 16.8. The maximum Gasteiger partial charge on any atom is 0.177 e. The Bertz CT molecular complexity index is 908. The van der Waals surface area contributed by atoms with Crippen LogP contribution in [-0.2, 0) is 0 Å². The van der Waals surface area contributed by atoms with Crippen molar-refractivity contribution in [3.8, 4) is 0 Å². The van der Waals surface area contributed by atoms with E-state index in [4.69, 9.17) is 5.73 Å². The molecule has 0 aliphatic heterocycles. The van der Waals surface area contributed by atoms with Crippen molar-refractivity contribution in [2.24, 2.45) is 5.73 Å². The average molecular weight is 350 g/mol. The minimum atomic E-state index is 0.346. The van der Waals surface area contributed by atoms with Gasteiger partial charge in [0.15, 0.2) is 5.65 Å². The van der Waals surface area contributed by atoms with Crippen LogP contribution in [-0.4, -0.2) is 26.7 Å². The molecular weight excluding hydrogens is 324 g/mol. The second-order valence-corrected chi connectivity index (χ2v) is 7.32. The van der Waals surface area contributed by atoms with Crippen LogP contribution in [0.3, 0.4) is 0 Å². The van der Waals surface area contributed by atoms with Crippen molar-refractivity contribution in [1.29, 1.82) is 0 Å². The predicted molar refractivity (Wildman–Crippen MR) is 106 cm³/mol. The molecule has 1 aliphatic carbocycles. The van der Waals surface area contributed by atoms with E-state index in [1.54, 1.807) is 6.20 Å². The van der Waals surface area contributed by atoms with Crippen LogP contribution in [0.5, 0.6) is 0 Å². The van der Waals surface area contributed by atoms with Crippen molar-refractivity contribution in [2.75, 3.05) is 10.6 Å². The van der Waals surface area contributed by atoms with Gasteiger partial charge >= 0.3 is 0 Å². The molecule has 1 saturated carbocycles. The van der Waals surface area contributed by atoms with Gasteiger partial charge in [0, 0.05) is 36.2 Å². The lowest BCUT2D eigenvalue weighted by molar-refractivity contribution is 0.410. The van der Waals surface area contributed by atoms with Crippen LogP contribution in [0.1, 0.15) is 36.8 Å². The highest BCUT2D eigenvalue weighted by Crippen LogP contribution is 2.26. The quantitative estimate of drug-likeness (QED) is 0.667. The third kappa shape index (κ3) is 3.51. The summed E-state index contributed by atoms with van der Waals surface area (Å²) in [5, 5.41) is 11.7. The number of hydrogen-bond donors (Lipinski definition) is 3. The molecular formula is C20H26N6. The molecule has 0 saturated heterocycles. The normalized spacial score (nSPS) is 20.3. The van der Waals surface area contributed by atoms with Gasteiger partial charge in [0.1, 0.15) is 5.82 Å². The number of aryl methyl sites for hydroxylation is 2. The number of nitrogens with one attached hydrogen (secondary N) is 2. The highest BCUT2D eigenvalue weighted by atomic mass is 15.3. The molecule has 3 aromatic rings. The smallest absolute Gasteiger partial charge is 0.177 e. The number of hydrogen-bond acceptors (Lipinski definition) is 5. The monoisotopic (exact) mass is 350 g/mol. The molecule has 0 radical (unpaired) electrons. The van der Waals surface area contributed by atoms with Gasteiger partial charge in [-0.1, -0.05) is 6.07 Å². The van der Waals surface area contributed by atoms with Gasteiger partial charge in [0.25, 0.3) is 0 Å². The Morgan fingerprint density at radius 1 is 1.08 bits per heavy atom. The molecule has 1 aromatic carbocycles. The molecule has 0 amide bonds. The molecule has 2 heterocycles. The Hall–Kier alpha value is -2.60. The van der Waals surface area contributed by atoms with Crippen molar-refractivity contribution < 1.29 is 0 Å². The first-order valence-corrected chi connectivity index (χ1v) is 9.29. The lowest BCUT2D eigenvalue weighted by Crippen LogP contribution is -2.33. The fourth-order valence-electron chi connectivity index (χ4n) is 3.53. The van der Waals surface area contributed by atoms with E-state index in [1.807, 2.05) is 16.8 Å². The SMILES string of the molecule is Cc1ccc(Nc2cc(NC3CCC(N)CC3)nn3ccnc23)cc1C.